The van der Waals surface area contributed by atoms with Crippen molar-refractivity contribution < 1.29 is 24.5 Å². The molecule has 0 spiro atoms. The average molecular weight is 229 g/mol. The first-order valence-electron chi connectivity index (χ1n) is 5.42. The van der Waals surface area contributed by atoms with Gasteiger partial charge in [-0.2, -0.15) is 0 Å². The molecule has 2 heterocycles. The van der Waals surface area contributed by atoms with Crippen LogP contribution in [0.4, 0.5) is 0 Å². The normalized spacial score (nSPS) is 34.3. The Kier molecular flexibility index (Phi) is 3.11. The van der Waals surface area contributed by atoms with E-state index in [9.17, 15) is 14.7 Å². The van der Waals surface area contributed by atoms with Gasteiger partial charge < -0.3 is 19.8 Å². The van der Waals surface area contributed by atoms with E-state index in [-0.39, 0.29) is 18.9 Å². The van der Waals surface area contributed by atoms with Crippen LogP contribution in [0, 0.1) is 0 Å². The number of amides is 1. The second-order valence-electron chi connectivity index (χ2n) is 4.24. The molecule has 90 valence electrons. The number of hydrogen-bond donors (Lipinski definition) is 2. The summed E-state index contributed by atoms with van der Waals surface area (Å²) in [7, 11) is 0. The summed E-state index contributed by atoms with van der Waals surface area (Å²) in [4.78, 5) is 24.1. The summed E-state index contributed by atoms with van der Waals surface area (Å²) in [5.41, 5.74) is 0. The van der Waals surface area contributed by atoms with E-state index in [0.29, 0.717) is 13.0 Å². The third kappa shape index (κ3) is 2.03. The lowest BCUT2D eigenvalue weighted by Gasteiger charge is -2.23. The number of carbonyl (C=O) groups excluding carboxylic acids is 1. The molecular formula is C10H15NO5. The number of rotatable bonds is 2. The molecule has 16 heavy (non-hydrogen) atoms. The minimum Gasteiger partial charge on any atom is -0.480 e. The van der Waals surface area contributed by atoms with Crippen LogP contribution < -0.4 is 0 Å². The van der Waals surface area contributed by atoms with E-state index in [1.807, 2.05) is 0 Å². The highest BCUT2D eigenvalue weighted by Crippen LogP contribution is 2.23. The number of carbonyl (C=O) groups is 2. The molecule has 2 fully saturated rings. The molecule has 2 N–H and O–H groups in total. The zero-order valence-electron chi connectivity index (χ0n) is 8.83. The first kappa shape index (κ1) is 11.3. The fourth-order valence-corrected chi connectivity index (χ4v) is 2.25. The molecule has 0 saturated carbocycles. The molecule has 0 radical (unpaired) electrons. The molecule has 2 aliphatic rings. The number of aliphatic hydroxyl groups is 1. The van der Waals surface area contributed by atoms with Crippen molar-refractivity contribution in [2.24, 2.45) is 0 Å². The highest BCUT2D eigenvalue weighted by Gasteiger charge is 2.41. The minimum absolute atomic E-state index is 0.0929. The molecule has 6 nitrogen and oxygen atoms in total. The summed E-state index contributed by atoms with van der Waals surface area (Å²) in [5.74, 6) is -1.37. The quantitative estimate of drug-likeness (QED) is 0.648. The van der Waals surface area contributed by atoms with Gasteiger partial charge in [-0.25, -0.2) is 4.79 Å². The van der Waals surface area contributed by atoms with Crippen molar-refractivity contribution in [3.8, 4) is 0 Å². The minimum atomic E-state index is -1.07. The summed E-state index contributed by atoms with van der Waals surface area (Å²) in [6.07, 6.45) is 0.300. The lowest BCUT2D eigenvalue weighted by atomic mass is 10.2. The Labute approximate surface area is 92.8 Å². The van der Waals surface area contributed by atoms with Gasteiger partial charge in [0.25, 0.3) is 5.91 Å². The van der Waals surface area contributed by atoms with Crippen LogP contribution in [0.2, 0.25) is 0 Å². The van der Waals surface area contributed by atoms with Crippen molar-refractivity contribution in [3.63, 3.8) is 0 Å². The molecule has 0 aliphatic carbocycles. The van der Waals surface area contributed by atoms with Crippen LogP contribution in [0.1, 0.15) is 19.3 Å². The van der Waals surface area contributed by atoms with Crippen molar-refractivity contribution in [1.82, 2.24) is 4.90 Å². The van der Waals surface area contributed by atoms with Crippen molar-refractivity contribution in [3.05, 3.63) is 0 Å². The number of carboxylic acids is 1. The third-order valence-electron chi connectivity index (χ3n) is 3.05. The zero-order valence-corrected chi connectivity index (χ0v) is 8.83. The van der Waals surface area contributed by atoms with Gasteiger partial charge in [0.05, 0.1) is 6.10 Å². The number of nitrogens with zero attached hydrogens (tertiary/aromatic N) is 1. The molecule has 0 aromatic rings. The number of aliphatic hydroxyl groups excluding tert-OH is 1. The second-order valence-corrected chi connectivity index (χ2v) is 4.24. The highest BCUT2D eigenvalue weighted by atomic mass is 16.5. The third-order valence-corrected chi connectivity index (χ3v) is 3.05. The van der Waals surface area contributed by atoms with Crippen LogP contribution >= 0.6 is 0 Å². The Balaban J connectivity index is 2.06. The molecule has 6 heteroatoms. The van der Waals surface area contributed by atoms with Gasteiger partial charge in [-0.3, -0.25) is 4.79 Å². The molecular weight excluding hydrogens is 214 g/mol. The van der Waals surface area contributed by atoms with Crippen LogP contribution in [0.3, 0.4) is 0 Å². The first-order chi connectivity index (χ1) is 7.59. The topological polar surface area (TPSA) is 87.1 Å². The van der Waals surface area contributed by atoms with Gasteiger partial charge in [0.15, 0.2) is 0 Å². The first-order valence-corrected chi connectivity index (χ1v) is 5.42. The summed E-state index contributed by atoms with van der Waals surface area (Å²) < 4.78 is 5.22. The van der Waals surface area contributed by atoms with Crippen molar-refractivity contribution in [2.45, 2.75) is 37.5 Å². The maximum absolute atomic E-state index is 11.9. The smallest absolute Gasteiger partial charge is 0.326 e. The van der Waals surface area contributed by atoms with Gasteiger partial charge in [0, 0.05) is 19.6 Å². The Bertz CT molecular complexity index is 300. The fourth-order valence-electron chi connectivity index (χ4n) is 2.25. The van der Waals surface area contributed by atoms with Crippen LogP contribution in [0.25, 0.3) is 0 Å². The summed E-state index contributed by atoms with van der Waals surface area (Å²) in [5, 5.41) is 18.4. The van der Waals surface area contributed by atoms with E-state index in [0.717, 1.165) is 6.42 Å². The summed E-state index contributed by atoms with van der Waals surface area (Å²) in [6, 6.07) is -0.910. The number of carboxylic acid groups (broad SMARTS) is 1. The Morgan fingerprint density at radius 1 is 1.38 bits per heavy atom. The molecule has 2 aliphatic heterocycles. The lowest BCUT2D eigenvalue weighted by molar-refractivity contribution is -0.152. The van der Waals surface area contributed by atoms with E-state index in [1.165, 1.54) is 4.90 Å². The maximum Gasteiger partial charge on any atom is 0.326 e. The van der Waals surface area contributed by atoms with Gasteiger partial charge in [-0.05, 0) is 12.8 Å². The molecule has 0 aromatic carbocycles. The molecule has 0 unspecified atom stereocenters. The van der Waals surface area contributed by atoms with Crippen molar-refractivity contribution in [1.29, 1.82) is 0 Å². The number of ether oxygens (including phenoxy) is 1. The largest absolute Gasteiger partial charge is 0.480 e. The highest BCUT2D eigenvalue weighted by molar-refractivity contribution is 5.87. The molecule has 2 saturated heterocycles. The van der Waals surface area contributed by atoms with E-state index >= 15 is 0 Å². The molecule has 3 atom stereocenters. The Morgan fingerprint density at radius 2 is 2.12 bits per heavy atom. The van der Waals surface area contributed by atoms with E-state index in [2.05, 4.69) is 0 Å². The van der Waals surface area contributed by atoms with Gasteiger partial charge >= 0.3 is 5.97 Å². The number of aliphatic carboxylic acids is 1. The Hall–Kier alpha value is -1.14. The van der Waals surface area contributed by atoms with Gasteiger partial charge in [-0.15, -0.1) is 0 Å². The van der Waals surface area contributed by atoms with Gasteiger partial charge in [-0.1, -0.05) is 0 Å². The predicted octanol–water partition coefficient (Wildman–Crippen LogP) is -0.788. The monoisotopic (exact) mass is 229 g/mol. The maximum atomic E-state index is 11.9. The standard InChI is InChI=1S/C10H15NO5/c12-6-4-7(10(14)15)11(5-6)9(13)8-2-1-3-16-8/h6-8,12H,1-5H2,(H,14,15)/t6-,7-,8+/m0/s1. The number of likely N-dealkylation sites (tertiary alicyclic amines) is 1. The van der Waals surface area contributed by atoms with Gasteiger partial charge in [0.1, 0.15) is 12.1 Å². The molecule has 0 bridgehead atoms. The lowest BCUT2D eigenvalue weighted by Crippen LogP contribution is -2.45. The Morgan fingerprint density at radius 3 is 2.69 bits per heavy atom. The summed E-state index contributed by atoms with van der Waals surface area (Å²) in [6.45, 7) is 0.639. The SMILES string of the molecule is O=C(O)[C@@H]1C[C@H](O)CN1C(=O)[C@H]1CCCO1. The van der Waals surface area contributed by atoms with Crippen LogP contribution in [-0.4, -0.2) is 58.4 Å². The molecule has 1 amide bonds. The predicted molar refractivity (Wildman–Crippen MR) is 52.7 cm³/mol. The van der Waals surface area contributed by atoms with E-state index in [4.69, 9.17) is 9.84 Å². The second kappa shape index (κ2) is 4.39. The van der Waals surface area contributed by atoms with E-state index < -0.39 is 24.2 Å². The molecule has 0 aromatic heterocycles. The number of hydrogen-bond acceptors (Lipinski definition) is 4. The van der Waals surface area contributed by atoms with Crippen LogP contribution in [0.15, 0.2) is 0 Å². The molecule has 2 rings (SSSR count). The van der Waals surface area contributed by atoms with E-state index in [1.54, 1.807) is 0 Å². The van der Waals surface area contributed by atoms with Crippen molar-refractivity contribution >= 4 is 11.9 Å². The van der Waals surface area contributed by atoms with Crippen LogP contribution in [0.5, 0.6) is 0 Å². The van der Waals surface area contributed by atoms with Gasteiger partial charge in [0.2, 0.25) is 0 Å². The van der Waals surface area contributed by atoms with Crippen LogP contribution in [-0.2, 0) is 14.3 Å². The fraction of sp³-hybridized carbons (Fsp3) is 0.800. The summed E-state index contributed by atoms with van der Waals surface area (Å²) >= 11 is 0. The average Bonchev–Trinajstić information content (AvgIpc) is 2.84. The zero-order chi connectivity index (χ0) is 11.7. The number of β-amino-alcohol motifs (C(OH)–C–C–N with tert-alkyl or cyclic N) is 1. The van der Waals surface area contributed by atoms with Crippen molar-refractivity contribution in [2.75, 3.05) is 13.2 Å².